The van der Waals surface area contributed by atoms with Gasteiger partial charge in [0, 0.05) is 6.04 Å². The van der Waals surface area contributed by atoms with Gasteiger partial charge in [-0.15, -0.1) is 12.4 Å². The molecule has 0 aromatic heterocycles. The Labute approximate surface area is 177 Å². The first-order chi connectivity index (χ1) is 13.8. The van der Waals surface area contributed by atoms with Gasteiger partial charge in [-0.3, -0.25) is 0 Å². The van der Waals surface area contributed by atoms with Gasteiger partial charge in [0.25, 0.3) is 0 Å². The summed E-state index contributed by atoms with van der Waals surface area (Å²) >= 11 is 0. The minimum Gasteiger partial charge on any atom is -0.489 e. The van der Waals surface area contributed by atoms with Crippen molar-refractivity contribution < 1.29 is 14.2 Å². The molecule has 0 aliphatic carbocycles. The second-order valence-electron chi connectivity index (χ2n) is 7.28. The molecule has 0 bridgehead atoms. The largest absolute Gasteiger partial charge is 0.489 e. The van der Waals surface area contributed by atoms with Crippen LogP contribution in [0.4, 0.5) is 0 Å². The molecule has 5 rings (SSSR count). The van der Waals surface area contributed by atoms with Gasteiger partial charge in [-0.2, -0.15) is 0 Å². The van der Waals surface area contributed by atoms with Gasteiger partial charge in [0.2, 0.25) is 6.79 Å². The maximum atomic E-state index is 5.90. The van der Waals surface area contributed by atoms with Gasteiger partial charge in [0.05, 0.1) is 0 Å². The molecule has 4 nitrogen and oxygen atoms in total. The Kier molecular flexibility index (Phi) is 5.93. The van der Waals surface area contributed by atoms with E-state index in [1.54, 1.807) is 0 Å². The van der Waals surface area contributed by atoms with Crippen LogP contribution in [0.3, 0.4) is 0 Å². The number of halogens is 1. The smallest absolute Gasteiger partial charge is 0.231 e. The first kappa shape index (κ1) is 19.6. The molecule has 2 aliphatic heterocycles. The van der Waals surface area contributed by atoms with Gasteiger partial charge in [0.15, 0.2) is 11.5 Å². The van der Waals surface area contributed by atoms with E-state index in [1.807, 2.05) is 18.2 Å². The Balaban J connectivity index is 0.00000205. The van der Waals surface area contributed by atoms with Crippen LogP contribution in [0.15, 0.2) is 66.7 Å². The van der Waals surface area contributed by atoms with Crippen molar-refractivity contribution >= 4 is 12.4 Å². The van der Waals surface area contributed by atoms with Crippen LogP contribution in [0.2, 0.25) is 0 Å². The summed E-state index contributed by atoms with van der Waals surface area (Å²) in [6, 6.07) is 23.2. The maximum absolute atomic E-state index is 5.90. The second kappa shape index (κ2) is 8.76. The lowest BCUT2D eigenvalue weighted by Gasteiger charge is -2.27. The molecule has 0 unspecified atom stereocenters. The molecule has 3 aromatic rings. The molecule has 0 saturated carbocycles. The molecular formula is C24H24ClNO3. The lowest BCUT2D eigenvalue weighted by molar-refractivity contribution is 0.174. The highest BCUT2D eigenvalue weighted by Gasteiger charge is 2.25. The lowest BCUT2D eigenvalue weighted by atomic mass is 9.90. The third kappa shape index (κ3) is 4.34. The van der Waals surface area contributed by atoms with Crippen LogP contribution in [0.25, 0.3) is 0 Å². The highest BCUT2D eigenvalue weighted by atomic mass is 35.5. The lowest BCUT2D eigenvalue weighted by Crippen LogP contribution is -2.31. The summed E-state index contributed by atoms with van der Waals surface area (Å²) in [5.41, 5.74) is 5.14. The fraction of sp³-hybridized carbons (Fsp3) is 0.250. The average molecular weight is 410 g/mol. The second-order valence-corrected chi connectivity index (χ2v) is 7.28. The van der Waals surface area contributed by atoms with Crippen molar-refractivity contribution in [2.24, 2.45) is 0 Å². The molecule has 150 valence electrons. The molecule has 5 heteroatoms. The molecule has 1 atom stereocenters. The highest BCUT2D eigenvalue weighted by Crippen LogP contribution is 2.39. The zero-order valence-electron chi connectivity index (χ0n) is 16.1. The molecule has 2 heterocycles. The summed E-state index contributed by atoms with van der Waals surface area (Å²) in [5, 5.41) is 3.65. The van der Waals surface area contributed by atoms with E-state index in [1.165, 1.54) is 22.3 Å². The molecule has 2 aliphatic rings. The van der Waals surface area contributed by atoms with Crippen molar-refractivity contribution in [2.45, 2.75) is 25.5 Å². The van der Waals surface area contributed by atoms with Crippen LogP contribution in [0, 0.1) is 0 Å². The number of ether oxygens (including phenoxy) is 3. The first-order valence-electron chi connectivity index (χ1n) is 9.76. The van der Waals surface area contributed by atoms with E-state index in [-0.39, 0.29) is 18.4 Å². The maximum Gasteiger partial charge on any atom is 0.231 e. The third-order valence-electron chi connectivity index (χ3n) is 5.41. The van der Waals surface area contributed by atoms with Crippen molar-refractivity contribution in [2.75, 3.05) is 13.3 Å². The van der Waals surface area contributed by atoms with Crippen LogP contribution in [-0.2, 0) is 19.4 Å². The van der Waals surface area contributed by atoms with E-state index in [9.17, 15) is 0 Å². The molecule has 0 amide bonds. The van der Waals surface area contributed by atoms with E-state index in [2.05, 4.69) is 53.8 Å². The number of hydrogen-bond acceptors (Lipinski definition) is 4. The van der Waals surface area contributed by atoms with Crippen molar-refractivity contribution in [1.29, 1.82) is 0 Å². The van der Waals surface area contributed by atoms with Crippen molar-refractivity contribution in [1.82, 2.24) is 5.32 Å². The predicted octanol–water partition coefficient (Wildman–Crippen LogP) is 4.85. The Morgan fingerprint density at radius 2 is 1.66 bits per heavy atom. The van der Waals surface area contributed by atoms with Gasteiger partial charge >= 0.3 is 0 Å². The highest BCUT2D eigenvalue weighted by molar-refractivity contribution is 5.85. The van der Waals surface area contributed by atoms with Gasteiger partial charge in [-0.1, -0.05) is 42.5 Å². The van der Waals surface area contributed by atoms with E-state index < -0.39 is 0 Å². The molecule has 1 N–H and O–H groups in total. The summed E-state index contributed by atoms with van der Waals surface area (Å²) in [5.74, 6) is 2.63. The van der Waals surface area contributed by atoms with E-state index in [0.717, 1.165) is 36.6 Å². The third-order valence-corrected chi connectivity index (χ3v) is 5.41. The monoisotopic (exact) mass is 409 g/mol. The topological polar surface area (TPSA) is 39.7 Å². The normalized spacial score (nSPS) is 16.6. The van der Waals surface area contributed by atoms with E-state index >= 15 is 0 Å². The zero-order chi connectivity index (χ0) is 18.8. The van der Waals surface area contributed by atoms with Gasteiger partial charge in [0.1, 0.15) is 12.4 Å². The Morgan fingerprint density at radius 1 is 0.897 bits per heavy atom. The molecule has 0 fully saturated rings. The predicted molar refractivity (Wildman–Crippen MR) is 115 cm³/mol. The fourth-order valence-corrected chi connectivity index (χ4v) is 3.91. The SMILES string of the molecule is Cl.c1ccc(COc2ccc(C[C@H]3NCCc4cc5c(cc43)OCO5)cc2)cc1. The first-order valence-corrected chi connectivity index (χ1v) is 9.76. The molecular weight excluding hydrogens is 386 g/mol. The molecule has 29 heavy (non-hydrogen) atoms. The summed E-state index contributed by atoms with van der Waals surface area (Å²) in [7, 11) is 0. The number of fused-ring (bicyclic) bond motifs is 2. The number of nitrogens with one attached hydrogen (secondary N) is 1. The number of benzene rings is 3. The standard InChI is InChI=1S/C24H23NO3.ClH/c1-2-4-18(5-3-1)15-26-20-8-6-17(7-9-20)12-22-21-14-24-23(27-16-28-24)13-19(21)10-11-25-22;/h1-9,13-14,22,25H,10-12,15-16H2;1H/t22-;/m1./s1. The molecule has 3 aromatic carbocycles. The number of hydrogen-bond donors (Lipinski definition) is 1. The van der Waals surface area contributed by atoms with E-state index in [0.29, 0.717) is 13.4 Å². The minimum absolute atomic E-state index is 0. The van der Waals surface area contributed by atoms with Crippen LogP contribution >= 0.6 is 12.4 Å². The van der Waals surface area contributed by atoms with Gasteiger partial charge in [-0.25, -0.2) is 0 Å². The minimum atomic E-state index is 0. The van der Waals surface area contributed by atoms with Crippen molar-refractivity contribution in [3.8, 4) is 17.2 Å². The average Bonchev–Trinajstić information content (AvgIpc) is 3.20. The summed E-state index contributed by atoms with van der Waals surface area (Å²) in [6.45, 7) is 1.89. The van der Waals surface area contributed by atoms with Crippen molar-refractivity contribution in [3.63, 3.8) is 0 Å². The van der Waals surface area contributed by atoms with Crippen LogP contribution in [0.5, 0.6) is 17.2 Å². The Morgan fingerprint density at radius 3 is 2.45 bits per heavy atom. The summed E-state index contributed by atoms with van der Waals surface area (Å²) < 4.78 is 17.0. The van der Waals surface area contributed by atoms with Crippen LogP contribution in [0.1, 0.15) is 28.3 Å². The quantitative estimate of drug-likeness (QED) is 0.654. The summed E-state index contributed by atoms with van der Waals surface area (Å²) in [4.78, 5) is 0. The zero-order valence-corrected chi connectivity index (χ0v) is 16.9. The van der Waals surface area contributed by atoms with Crippen molar-refractivity contribution in [3.05, 3.63) is 89.0 Å². The molecule has 0 saturated heterocycles. The fourth-order valence-electron chi connectivity index (χ4n) is 3.91. The Hall–Kier alpha value is -2.69. The van der Waals surface area contributed by atoms with Gasteiger partial charge < -0.3 is 19.5 Å². The molecule has 0 spiro atoms. The molecule has 0 radical (unpaired) electrons. The van der Waals surface area contributed by atoms with E-state index in [4.69, 9.17) is 14.2 Å². The Bertz CT molecular complexity index is 960. The van der Waals surface area contributed by atoms with Crippen LogP contribution < -0.4 is 19.5 Å². The summed E-state index contributed by atoms with van der Waals surface area (Å²) in [6.07, 6.45) is 1.96. The van der Waals surface area contributed by atoms with Crippen LogP contribution in [-0.4, -0.2) is 13.3 Å². The number of rotatable bonds is 5. The van der Waals surface area contributed by atoms with Gasteiger partial charge in [-0.05, 0) is 65.9 Å².